The summed E-state index contributed by atoms with van der Waals surface area (Å²) in [5, 5.41) is 6.54. The molecule has 0 amide bonds. The van der Waals surface area contributed by atoms with Crippen molar-refractivity contribution in [3.05, 3.63) is 60.7 Å². The van der Waals surface area contributed by atoms with Crippen LogP contribution in [0.2, 0.25) is 0 Å². The first-order valence-electron chi connectivity index (χ1n) is 6.50. The van der Waals surface area contributed by atoms with Crippen molar-refractivity contribution in [1.82, 2.24) is 15.5 Å². The Kier molecular flexibility index (Phi) is 5.74. The number of thiocarbonyl (C=S) groups is 1. The maximum atomic E-state index is 5.30. The summed E-state index contributed by atoms with van der Waals surface area (Å²) in [6.07, 6.45) is 0. The fourth-order valence-electron chi connectivity index (χ4n) is 1.79. The molecule has 0 bridgehead atoms. The molecule has 0 heterocycles. The Balaban J connectivity index is 2.36. The molecule has 2 N–H and O–H groups in total. The molecule has 0 saturated carbocycles. The second-order valence-electron chi connectivity index (χ2n) is 4.72. The minimum absolute atomic E-state index is 0.654. The van der Waals surface area contributed by atoms with E-state index in [0.717, 1.165) is 0 Å². The summed E-state index contributed by atoms with van der Waals surface area (Å²) >= 11 is 8.68. The molecule has 3 nitrogen and oxygen atoms in total. The summed E-state index contributed by atoms with van der Waals surface area (Å²) < 4.78 is 0. The zero-order valence-electron chi connectivity index (χ0n) is 12.0. The van der Waals surface area contributed by atoms with Gasteiger partial charge < -0.3 is 0 Å². The Bertz CT molecular complexity index is 603. The van der Waals surface area contributed by atoms with Gasteiger partial charge in [-0.2, -0.15) is 0 Å². The van der Waals surface area contributed by atoms with Gasteiger partial charge in [0.25, 0.3) is 0 Å². The summed E-state index contributed by atoms with van der Waals surface area (Å²) in [5.74, 6) is 0. The molecule has 0 atom stereocenters. The molecule has 2 aromatic carbocycles. The first kappa shape index (κ1) is 16.4. The first-order valence-corrected chi connectivity index (χ1v) is 10.9. The Morgan fingerprint density at radius 1 is 0.952 bits per heavy atom. The number of hydrogen-bond donors (Lipinski definition) is 2. The second-order valence-corrected chi connectivity index (χ2v) is 11.0. The van der Waals surface area contributed by atoms with Crippen molar-refractivity contribution in [1.29, 1.82) is 0 Å². The standard InChI is InChI=1S/C15H18N3PSSe/c1-18(2)15(20)16-17-19(21,13-9-5-3-6-10-13)14-11-7-4-8-12-14/h3-12H,1-2H3,(H,16,20)(H,17,21). The molecule has 2 aromatic rings. The summed E-state index contributed by atoms with van der Waals surface area (Å²) in [4.78, 5) is 1.86. The molecule has 6 heteroatoms. The summed E-state index contributed by atoms with van der Waals surface area (Å²) in [6, 6.07) is 20.8. The second kappa shape index (κ2) is 7.35. The zero-order valence-corrected chi connectivity index (χ0v) is 15.4. The van der Waals surface area contributed by atoms with Gasteiger partial charge in [0, 0.05) is 0 Å². The van der Waals surface area contributed by atoms with E-state index in [1.807, 2.05) is 31.1 Å². The van der Waals surface area contributed by atoms with E-state index in [9.17, 15) is 0 Å². The van der Waals surface area contributed by atoms with E-state index < -0.39 is 5.66 Å². The van der Waals surface area contributed by atoms with Gasteiger partial charge in [-0.15, -0.1) is 0 Å². The van der Waals surface area contributed by atoms with Crippen molar-refractivity contribution in [3.8, 4) is 0 Å². The average Bonchev–Trinajstić information content (AvgIpc) is 2.53. The monoisotopic (exact) mass is 383 g/mol. The molecule has 0 aliphatic heterocycles. The molecule has 0 fully saturated rings. The van der Waals surface area contributed by atoms with E-state index in [1.165, 1.54) is 10.6 Å². The Labute approximate surface area is 139 Å². The molecule has 2 rings (SSSR count). The van der Waals surface area contributed by atoms with Crippen LogP contribution in [-0.2, 0) is 0 Å². The number of hydrogen-bond acceptors (Lipinski definition) is 2. The van der Waals surface area contributed by atoms with E-state index in [4.69, 9.17) is 12.2 Å². The summed E-state index contributed by atoms with van der Waals surface area (Å²) in [6.45, 7) is 0. The van der Waals surface area contributed by atoms with Crippen molar-refractivity contribution in [3.63, 3.8) is 0 Å². The van der Waals surface area contributed by atoms with Crippen molar-refractivity contribution < 1.29 is 0 Å². The summed E-state index contributed by atoms with van der Waals surface area (Å²) in [5.41, 5.74) is 1.28. The minimum atomic E-state index is -1.87. The number of hydrazine groups is 1. The van der Waals surface area contributed by atoms with Crippen LogP contribution in [0.25, 0.3) is 0 Å². The van der Waals surface area contributed by atoms with Crippen LogP contribution >= 0.6 is 17.9 Å². The molecule has 110 valence electrons. The molecular weight excluding hydrogens is 364 g/mol. The molecule has 0 aromatic heterocycles. The van der Waals surface area contributed by atoms with E-state index in [2.05, 4.69) is 74.3 Å². The maximum absolute atomic E-state index is 5.30. The topological polar surface area (TPSA) is 27.3 Å². The van der Waals surface area contributed by atoms with Crippen LogP contribution in [0.5, 0.6) is 0 Å². The molecular formula is C15H18N3PSSe. The van der Waals surface area contributed by atoms with E-state index >= 15 is 0 Å². The zero-order chi connectivity index (χ0) is 15.3. The van der Waals surface area contributed by atoms with Crippen molar-refractivity contribution in [2.24, 2.45) is 0 Å². The van der Waals surface area contributed by atoms with Crippen LogP contribution in [0.15, 0.2) is 60.7 Å². The van der Waals surface area contributed by atoms with Crippen LogP contribution in [0.3, 0.4) is 0 Å². The number of rotatable bonds is 4. The fourth-order valence-corrected chi connectivity index (χ4v) is 5.74. The molecule has 0 aliphatic carbocycles. The van der Waals surface area contributed by atoms with Gasteiger partial charge in [0.1, 0.15) is 0 Å². The van der Waals surface area contributed by atoms with Crippen LogP contribution in [0.1, 0.15) is 0 Å². The molecule has 21 heavy (non-hydrogen) atoms. The van der Waals surface area contributed by atoms with Gasteiger partial charge in [-0.05, 0) is 0 Å². The van der Waals surface area contributed by atoms with Crippen LogP contribution in [0, 0.1) is 0 Å². The predicted octanol–water partition coefficient (Wildman–Crippen LogP) is 1.59. The van der Waals surface area contributed by atoms with Crippen molar-refractivity contribution in [2.75, 3.05) is 14.1 Å². The third-order valence-corrected chi connectivity index (χ3v) is 9.14. The first-order chi connectivity index (χ1) is 10.0. The number of benzene rings is 2. The van der Waals surface area contributed by atoms with Crippen LogP contribution in [0.4, 0.5) is 0 Å². The van der Waals surface area contributed by atoms with Gasteiger partial charge in [-0.1, -0.05) is 0 Å². The Morgan fingerprint density at radius 2 is 1.38 bits per heavy atom. The van der Waals surface area contributed by atoms with Gasteiger partial charge in [0.2, 0.25) is 0 Å². The molecule has 0 aliphatic rings. The van der Waals surface area contributed by atoms with Crippen LogP contribution in [-0.4, -0.2) is 39.2 Å². The van der Waals surface area contributed by atoms with Gasteiger partial charge in [-0.25, -0.2) is 0 Å². The Morgan fingerprint density at radius 3 is 1.76 bits per heavy atom. The Hall–Kier alpha value is -0.961. The third kappa shape index (κ3) is 4.03. The van der Waals surface area contributed by atoms with E-state index in [0.29, 0.717) is 5.11 Å². The third-order valence-electron chi connectivity index (χ3n) is 2.97. The summed E-state index contributed by atoms with van der Waals surface area (Å²) in [7, 11) is 3.84. The quantitative estimate of drug-likeness (QED) is 0.364. The molecule has 0 spiro atoms. The van der Waals surface area contributed by atoms with E-state index in [-0.39, 0.29) is 0 Å². The number of nitrogens with zero attached hydrogens (tertiary/aromatic N) is 1. The molecule has 0 saturated heterocycles. The normalized spacial score (nSPS) is 11.0. The average molecular weight is 382 g/mol. The van der Waals surface area contributed by atoms with E-state index in [1.54, 1.807) is 0 Å². The van der Waals surface area contributed by atoms with Gasteiger partial charge >= 0.3 is 139 Å². The van der Waals surface area contributed by atoms with Crippen molar-refractivity contribution >= 4 is 48.7 Å². The van der Waals surface area contributed by atoms with Gasteiger partial charge in [0.15, 0.2) is 0 Å². The van der Waals surface area contributed by atoms with Crippen molar-refractivity contribution in [2.45, 2.75) is 0 Å². The molecule has 0 radical (unpaired) electrons. The number of nitrogens with one attached hydrogen (secondary N) is 2. The predicted molar refractivity (Wildman–Crippen MR) is 97.4 cm³/mol. The van der Waals surface area contributed by atoms with Gasteiger partial charge in [0.05, 0.1) is 0 Å². The van der Waals surface area contributed by atoms with Crippen LogP contribution < -0.4 is 21.2 Å². The SMILES string of the molecule is CN(C)C(=S)NNP(=[Se])(c1ccccc1)c1ccccc1. The van der Waals surface area contributed by atoms with Gasteiger partial charge in [-0.3, -0.25) is 0 Å². The molecule has 0 unspecified atom stereocenters. The fraction of sp³-hybridized carbons (Fsp3) is 0.133.